The normalized spacial score (nSPS) is 20.4. The van der Waals surface area contributed by atoms with Crippen molar-refractivity contribution in [2.75, 3.05) is 26.8 Å². The quantitative estimate of drug-likeness (QED) is 0.855. The van der Waals surface area contributed by atoms with Crippen molar-refractivity contribution in [1.82, 2.24) is 20.1 Å². The zero-order chi connectivity index (χ0) is 10.5. The molecule has 0 saturated carbocycles. The number of nitrogens with zero attached hydrogens (tertiary/aromatic N) is 3. The van der Waals surface area contributed by atoms with Crippen LogP contribution in [0.2, 0.25) is 0 Å². The Balaban J connectivity index is 0.00000128. The number of methoxy groups -OCH3 is 1. The molecule has 0 amide bonds. The Morgan fingerprint density at radius 1 is 1.62 bits per heavy atom. The van der Waals surface area contributed by atoms with Gasteiger partial charge < -0.3 is 14.6 Å². The fourth-order valence-corrected chi connectivity index (χ4v) is 2.01. The summed E-state index contributed by atoms with van der Waals surface area (Å²) >= 11 is 0. The van der Waals surface area contributed by atoms with Crippen LogP contribution in [0.4, 0.5) is 0 Å². The number of aromatic nitrogens is 3. The number of ether oxygens (including phenoxy) is 1. The number of nitrogens with one attached hydrogen (secondary N) is 1. The Morgan fingerprint density at radius 3 is 3.19 bits per heavy atom. The van der Waals surface area contributed by atoms with Gasteiger partial charge in [-0.1, -0.05) is 0 Å². The van der Waals surface area contributed by atoms with E-state index >= 15 is 0 Å². The summed E-state index contributed by atoms with van der Waals surface area (Å²) in [5, 5.41) is 11.6. The average molecular weight is 247 g/mol. The number of hydrogen-bond acceptors (Lipinski definition) is 4. The van der Waals surface area contributed by atoms with Crippen molar-refractivity contribution in [3.8, 4) is 0 Å². The topological polar surface area (TPSA) is 52.0 Å². The summed E-state index contributed by atoms with van der Waals surface area (Å²) in [5.41, 5.74) is 0. The summed E-state index contributed by atoms with van der Waals surface area (Å²) in [7, 11) is 1.71. The van der Waals surface area contributed by atoms with Crippen molar-refractivity contribution in [2.24, 2.45) is 0 Å². The van der Waals surface area contributed by atoms with Crippen LogP contribution in [-0.4, -0.2) is 41.6 Å². The Hall–Kier alpha value is -0.650. The minimum absolute atomic E-state index is 0. The molecule has 1 aromatic rings. The summed E-state index contributed by atoms with van der Waals surface area (Å²) in [6.07, 6.45) is 4.23. The van der Waals surface area contributed by atoms with Gasteiger partial charge in [0, 0.05) is 26.1 Å². The molecule has 0 spiro atoms. The third-order valence-corrected chi connectivity index (χ3v) is 2.84. The van der Waals surface area contributed by atoms with Gasteiger partial charge >= 0.3 is 0 Å². The molecule has 1 aliphatic rings. The molecule has 1 unspecified atom stereocenters. The smallest absolute Gasteiger partial charge is 0.137 e. The maximum atomic E-state index is 5.07. The van der Waals surface area contributed by atoms with Crippen LogP contribution in [0, 0.1) is 0 Å². The molecule has 1 aromatic heterocycles. The number of rotatable bonds is 4. The van der Waals surface area contributed by atoms with Crippen molar-refractivity contribution >= 4 is 12.4 Å². The summed E-state index contributed by atoms with van der Waals surface area (Å²) in [4.78, 5) is 0. The molecule has 2 rings (SSSR count). The molecule has 92 valence electrons. The minimum atomic E-state index is 0. The van der Waals surface area contributed by atoms with E-state index in [-0.39, 0.29) is 12.4 Å². The Bertz CT molecular complexity index is 299. The first kappa shape index (κ1) is 13.4. The van der Waals surface area contributed by atoms with E-state index in [0.29, 0.717) is 12.5 Å². The third kappa shape index (κ3) is 3.17. The van der Waals surface area contributed by atoms with E-state index in [1.54, 1.807) is 13.4 Å². The van der Waals surface area contributed by atoms with Gasteiger partial charge in [-0.25, -0.2) is 0 Å². The first-order valence-electron chi connectivity index (χ1n) is 5.49. The average Bonchev–Trinajstić information content (AvgIpc) is 2.75. The van der Waals surface area contributed by atoms with Crippen molar-refractivity contribution < 1.29 is 4.74 Å². The second kappa shape index (κ2) is 6.83. The number of piperidine rings is 1. The van der Waals surface area contributed by atoms with Gasteiger partial charge in [0.15, 0.2) is 0 Å². The Kier molecular flexibility index (Phi) is 5.73. The predicted molar refractivity (Wildman–Crippen MR) is 64.0 cm³/mol. The van der Waals surface area contributed by atoms with Crippen molar-refractivity contribution in [3.63, 3.8) is 0 Å². The third-order valence-electron chi connectivity index (χ3n) is 2.84. The van der Waals surface area contributed by atoms with Gasteiger partial charge in [0.05, 0.1) is 6.61 Å². The molecule has 1 aliphatic heterocycles. The lowest BCUT2D eigenvalue weighted by Gasteiger charge is -2.22. The van der Waals surface area contributed by atoms with Gasteiger partial charge in [-0.15, -0.1) is 22.6 Å². The first-order valence-corrected chi connectivity index (χ1v) is 5.49. The highest BCUT2D eigenvalue weighted by Gasteiger charge is 2.20. The van der Waals surface area contributed by atoms with Gasteiger partial charge in [0.2, 0.25) is 0 Å². The molecular formula is C10H19ClN4O. The van der Waals surface area contributed by atoms with Crippen molar-refractivity contribution in [3.05, 3.63) is 12.2 Å². The van der Waals surface area contributed by atoms with Crippen LogP contribution < -0.4 is 5.32 Å². The van der Waals surface area contributed by atoms with Crippen molar-refractivity contribution in [2.45, 2.75) is 25.3 Å². The van der Waals surface area contributed by atoms with Crippen LogP contribution in [0.3, 0.4) is 0 Å². The van der Waals surface area contributed by atoms with E-state index in [0.717, 1.165) is 25.5 Å². The molecule has 0 aliphatic carbocycles. The molecule has 1 saturated heterocycles. The second-order valence-corrected chi connectivity index (χ2v) is 3.92. The molecule has 5 nitrogen and oxygen atoms in total. The molecule has 0 bridgehead atoms. The van der Waals surface area contributed by atoms with Crippen LogP contribution in [0.15, 0.2) is 6.33 Å². The molecule has 16 heavy (non-hydrogen) atoms. The van der Waals surface area contributed by atoms with Gasteiger partial charge in [0.1, 0.15) is 12.2 Å². The number of halogens is 1. The highest BCUT2D eigenvalue weighted by Crippen LogP contribution is 2.20. The van der Waals surface area contributed by atoms with Gasteiger partial charge in [-0.2, -0.15) is 0 Å². The molecule has 0 radical (unpaired) electrons. The fraction of sp³-hybridized carbons (Fsp3) is 0.800. The van der Waals surface area contributed by atoms with Gasteiger partial charge in [0.25, 0.3) is 0 Å². The largest absolute Gasteiger partial charge is 0.383 e. The van der Waals surface area contributed by atoms with E-state index in [1.807, 2.05) is 0 Å². The molecule has 1 N–H and O–H groups in total. The fourth-order valence-electron chi connectivity index (χ4n) is 2.01. The van der Waals surface area contributed by atoms with Crippen LogP contribution in [0.5, 0.6) is 0 Å². The summed E-state index contributed by atoms with van der Waals surface area (Å²) in [6.45, 7) is 3.70. The van der Waals surface area contributed by atoms with E-state index < -0.39 is 0 Å². The first-order chi connectivity index (χ1) is 7.42. The maximum Gasteiger partial charge on any atom is 0.137 e. The van der Waals surface area contributed by atoms with Gasteiger partial charge in [-0.3, -0.25) is 0 Å². The molecule has 1 atom stereocenters. The molecule has 6 heteroatoms. The summed E-state index contributed by atoms with van der Waals surface area (Å²) in [5.74, 6) is 1.61. The van der Waals surface area contributed by atoms with E-state index in [2.05, 4.69) is 20.1 Å². The van der Waals surface area contributed by atoms with E-state index in [1.165, 1.54) is 12.8 Å². The zero-order valence-electron chi connectivity index (χ0n) is 9.56. The lowest BCUT2D eigenvalue weighted by atomic mass is 9.99. The summed E-state index contributed by atoms with van der Waals surface area (Å²) in [6, 6.07) is 0. The number of hydrogen-bond donors (Lipinski definition) is 1. The lowest BCUT2D eigenvalue weighted by Crippen LogP contribution is -2.30. The standard InChI is InChI=1S/C10H18N4O.ClH/c1-15-6-5-14-8-12-13-10(14)9-3-2-4-11-7-9;/h8-9,11H,2-7H2,1H3;1H. The van der Waals surface area contributed by atoms with Gasteiger partial charge in [-0.05, 0) is 19.4 Å². The maximum absolute atomic E-state index is 5.07. The SMILES string of the molecule is COCCn1cnnc1C1CCCNC1.Cl. The zero-order valence-corrected chi connectivity index (χ0v) is 10.4. The van der Waals surface area contributed by atoms with Crippen molar-refractivity contribution in [1.29, 1.82) is 0 Å². The molecule has 1 fully saturated rings. The highest BCUT2D eigenvalue weighted by molar-refractivity contribution is 5.85. The Morgan fingerprint density at radius 2 is 2.50 bits per heavy atom. The predicted octanol–water partition coefficient (Wildman–Crippen LogP) is 0.813. The lowest BCUT2D eigenvalue weighted by molar-refractivity contribution is 0.185. The molecule has 2 heterocycles. The van der Waals surface area contributed by atoms with E-state index in [9.17, 15) is 0 Å². The van der Waals surface area contributed by atoms with Crippen LogP contribution >= 0.6 is 12.4 Å². The second-order valence-electron chi connectivity index (χ2n) is 3.92. The minimum Gasteiger partial charge on any atom is -0.383 e. The van der Waals surface area contributed by atoms with Crippen LogP contribution in [0.1, 0.15) is 24.6 Å². The monoisotopic (exact) mass is 246 g/mol. The van der Waals surface area contributed by atoms with E-state index in [4.69, 9.17) is 4.74 Å². The highest BCUT2D eigenvalue weighted by atomic mass is 35.5. The molecular weight excluding hydrogens is 228 g/mol. The van der Waals surface area contributed by atoms with Crippen LogP contribution in [-0.2, 0) is 11.3 Å². The van der Waals surface area contributed by atoms with Crippen LogP contribution in [0.25, 0.3) is 0 Å². The Labute approximate surface area is 102 Å². The molecule has 0 aromatic carbocycles. The summed E-state index contributed by atoms with van der Waals surface area (Å²) < 4.78 is 7.16.